The quantitative estimate of drug-likeness (QED) is 0.565. The van der Waals surface area contributed by atoms with Crippen LogP contribution in [0.4, 0.5) is 0 Å². The molecule has 0 bridgehead atoms. The van der Waals surface area contributed by atoms with E-state index in [2.05, 4.69) is 15.5 Å². The Morgan fingerprint density at radius 2 is 1.57 bits per heavy atom. The van der Waals surface area contributed by atoms with Crippen molar-refractivity contribution < 1.29 is 9.32 Å². The van der Waals surface area contributed by atoms with Crippen LogP contribution in [-0.4, -0.2) is 16.0 Å². The lowest BCUT2D eigenvalue weighted by Gasteiger charge is -2.32. The molecular formula is C23H19N3O2. The van der Waals surface area contributed by atoms with Crippen LogP contribution in [0.2, 0.25) is 0 Å². The zero-order valence-corrected chi connectivity index (χ0v) is 15.4. The van der Waals surface area contributed by atoms with Gasteiger partial charge in [0.2, 0.25) is 0 Å². The SMILES string of the molecule is CC(NC(=O)c1cc(-c2cccnc2)on1)(c1ccccc1)c1ccccc1. The maximum absolute atomic E-state index is 13.0. The number of carbonyl (C=O) groups is 1. The molecule has 28 heavy (non-hydrogen) atoms. The fourth-order valence-electron chi connectivity index (χ4n) is 3.17. The minimum absolute atomic E-state index is 0.219. The number of benzene rings is 2. The van der Waals surface area contributed by atoms with Crippen LogP contribution in [0.25, 0.3) is 11.3 Å². The van der Waals surface area contributed by atoms with Crippen molar-refractivity contribution in [3.63, 3.8) is 0 Å². The van der Waals surface area contributed by atoms with Crippen molar-refractivity contribution in [2.24, 2.45) is 0 Å². The molecule has 0 fully saturated rings. The van der Waals surface area contributed by atoms with Gasteiger partial charge in [-0.3, -0.25) is 9.78 Å². The number of nitrogens with zero attached hydrogens (tertiary/aromatic N) is 2. The Morgan fingerprint density at radius 1 is 0.929 bits per heavy atom. The van der Waals surface area contributed by atoms with Crippen LogP contribution in [0.3, 0.4) is 0 Å². The Morgan fingerprint density at radius 3 is 2.14 bits per heavy atom. The highest BCUT2D eigenvalue weighted by Crippen LogP contribution is 2.30. The van der Waals surface area contributed by atoms with E-state index in [0.29, 0.717) is 5.76 Å². The summed E-state index contributed by atoms with van der Waals surface area (Å²) in [5.41, 5.74) is 2.23. The third kappa shape index (κ3) is 3.42. The van der Waals surface area contributed by atoms with Gasteiger partial charge in [-0.2, -0.15) is 0 Å². The van der Waals surface area contributed by atoms with Crippen LogP contribution in [0.1, 0.15) is 28.5 Å². The standard InChI is InChI=1S/C23H19N3O2/c1-23(18-10-4-2-5-11-18,19-12-6-3-7-13-19)25-22(27)20-15-21(28-26-20)17-9-8-14-24-16-17/h2-16H,1H3,(H,25,27). The van der Waals surface area contributed by atoms with Crippen molar-refractivity contribution >= 4 is 5.91 Å². The number of nitrogens with one attached hydrogen (secondary N) is 1. The van der Waals surface area contributed by atoms with Crippen LogP contribution < -0.4 is 5.32 Å². The van der Waals surface area contributed by atoms with E-state index in [4.69, 9.17) is 4.52 Å². The third-order valence-electron chi connectivity index (χ3n) is 4.75. The van der Waals surface area contributed by atoms with Crippen LogP contribution in [0.15, 0.2) is 95.8 Å². The van der Waals surface area contributed by atoms with Crippen LogP contribution in [-0.2, 0) is 5.54 Å². The van der Waals surface area contributed by atoms with E-state index in [1.54, 1.807) is 24.5 Å². The van der Waals surface area contributed by atoms with Gasteiger partial charge in [0.05, 0.1) is 5.54 Å². The molecule has 0 atom stereocenters. The first kappa shape index (κ1) is 17.7. The molecule has 0 saturated heterocycles. The van der Waals surface area contributed by atoms with E-state index in [1.807, 2.05) is 73.7 Å². The zero-order valence-electron chi connectivity index (χ0n) is 15.4. The summed E-state index contributed by atoms with van der Waals surface area (Å²) in [6, 6.07) is 25.0. The van der Waals surface area contributed by atoms with Crippen LogP contribution in [0.5, 0.6) is 0 Å². The summed E-state index contributed by atoms with van der Waals surface area (Å²) < 4.78 is 5.35. The number of rotatable bonds is 5. The Kier molecular flexibility index (Phi) is 4.72. The molecule has 0 aliphatic carbocycles. The largest absolute Gasteiger partial charge is 0.355 e. The number of amides is 1. The first-order valence-corrected chi connectivity index (χ1v) is 8.97. The van der Waals surface area contributed by atoms with E-state index in [1.165, 1.54) is 0 Å². The van der Waals surface area contributed by atoms with Gasteiger partial charge in [0, 0.05) is 24.0 Å². The number of pyridine rings is 1. The number of aromatic nitrogens is 2. The molecule has 1 N–H and O–H groups in total. The summed E-state index contributed by atoms with van der Waals surface area (Å²) in [4.78, 5) is 17.1. The van der Waals surface area contributed by atoms with Crippen molar-refractivity contribution in [1.29, 1.82) is 0 Å². The molecule has 4 aromatic rings. The topological polar surface area (TPSA) is 68.0 Å². The molecule has 138 valence electrons. The van der Waals surface area contributed by atoms with E-state index < -0.39 is 5.54 Å². The first-order valence-electron chi connectivity index (χ1n) is 8.97. The van der Waals surface area contributed by atoms with E-state index in [9.17, 15) is 4.79 Å². The lowest BCUT2D eigenvalue weighted by molar-refractivity contribution is 0.0910. The molecule has 0 radical (unpaired) electrons. The molecule has 0 aliphatic rings. The highest BCUT2D eigenvalue weighted by atomic mass is 16.5. The summed E-state index contributed by atoms with van der Waals surface area (Å²) in [5, 5.41) is 7.08. The predicted molar refractivity (Wildman–Crippen MR) is 107 cm³/mol. The Bertz CT molecular complexity index is 1020. The summed E-state index contributed by atoms with van der Waals surface area (Å²) in [7, 11) is 0. The second-order valence-corrected chi connectivity index (χ2v) is 6.63. The second-order valence-electron chi connectivity index (χ2n) is 6.63. The summed E-state index contributed by atoms with van der Waals surface area (Å²) >= 11 is 0. The third-order valence-corrected chi connectivity index (χ3v) is 4.75. The van der Waals surface area contributed by atoms with Gasteiger partial charge in [0.15, 0.2) is 11.5 Å². The summed E-state index contributed by atoms with van der Waals surface area (Å²) in [5.74, 6) is 0.188. The fourth-order valence-corrected chi connectivity index (χ4v) is 3.17. The molecule has 2 aromatic carbocycles. The molecule has 0 spiro atoms. The Labute approximate surface area is 163 Å². The molecule has 5 nitrogen and oxygen atoms in total. The minimum atomic E-state index is -0.715. The minimum Gasteiger partial charge on any atom is -0.355 e. The Hall–Kier alpha value is -3.73. The molecule has 1 amide bonds. The zero-order chi connectivity index (χ0) is 19.4. The Balaban J connectivity index is 1.66. The van der Waals surface area contributed by atoms with Crippen molar-refractivity contribution in [3.8, 4) is 11.3 Å². The highest BCUT2D eigenvalue weighted by Gasteiger charge is 2.31. The smallest absolute Gasteiger partial charge is 0.274 e. The highest BCUT2D eigenvalue weighted by molar-refractivity contribution is 5.94. The van der Waals surface area contributed by atoms with Gasteiger partial charge in [0.1, 0.15) is 0 Å². The van der Waals surface area contributed by atoms with E-state index in [0.717, 1.165) is 16.7 Å². The summed E-state index contributed by atoms with van der Waals surface area (Å²) in [6.07, 6.45) is 3.35. The van der Waals surface area contributed by atoms with E-state index >= 15 is 0 Å². The van der Waals surface area contributed by atoms with Crippen molar-refractivity contribution in [2.45, 2.75) is 12.5 Å². The number of hydrogen-bond acceptors (Lipinski definition) is 4. The molecule has 4 rings (SSSR count). The molecule has 2 heterocycles. The van der Waals surface area contributed by atoms with Gasteiger partial charge in [-0.25, -0.2) is 0 Å². The van der Waals surface area contributed by atoms with Gasteiger partial charge < -0.3 is 9.84 Å². The maximum atomic E-state index is 13.0. The lowest BCUT2D eigenvalue weighted by atomic mass is 9.84. The second kappa shape index (κ2) is 7.48. The fraction of sp³-hybridized carbons (Fsp3) is 0.0870. The van der Waals surface area contributed by atoms with Gasteiger partial charge >= 0.3 is 0 Å². The molecule has 0 aliphatic heterocycles. The number of carbonyl (C=O) groups excluding carboxylic acids is 1. The van der Waals surface area contributed by atoms with Crippen molar-refractivity contribution in [2.75, 3.05) is 0 Å². The van der Waals surface area contributed by atoms with Crippen LogP contribution in [0, 0.1) is 0 Å². The van der Waals surface area contributed by atoms with E-state index in [-0.39, 0.29) is 11.6 Å². The maximum Gasteiger partial charge on any atom is 0.274 e. The van der Waals surface area contributed by atoms with Crippen molar-refractivity contribution in [1.82, 2.24) is 15.5 Å². The van der Waals surface area contributed by atoms with Gasteiger partial charge in [0.25, 0.3) is 5.91 Å². The molecule has 2 aromatic heterocycles. The van der Waals surface area contributed by atoms with Crippen molar-refractivity contribution in [3.05, 3.63) is 108 Å². The predicted octanol–water partition coefficient (Wildman–Crippen LogP) is 4.43. The molecule has 0 saturated carbocycles. The van der Waals surface area contributed by atoms with Gasteiger partial charge in [-0.05, 0) is 30.2 Å². The molecule has 0 unspecified atom stereocenters. The monoisotopic (exact) mass is 369 g/mol. The average molecular weight is 369 g/mol. The van der Waals surface area contributed by atoms with Gasteiger partial charge in [-0.15, -0.1) is 0 Å². The average Bonchev–Trinajstić information content (AvgIpc) is 3.26. The molecule has 5 heteroatoms. The summed E-state index contributed by atoms with van der Waals surface area (Å²) in [6.45, 7) is 1.98. The van der Waals surface area contributed by atoms with Gasteiger partial charge in [-0.1, -0.05) is 65.8 Å². The first-order chi connectivity index (χ1) is 13.7. The normalized spacial score (nSPS) is 11.2. The number of hydrogen-bond donors (Lipinski definition) is 1. The molecular weight excluding hydrogens is 350 g/mol. The van der Waals surface area contributed by atoms with Crippen LogP contribution >= 0.6 is 0 Å². The lowest BCUT2D eigenvalue weighted by Crippen LogP contribution is -2.44.